The number of hydrogen-bond acceptors (Lipinski definition) is 5. The maximum atomic E-state index is 12.5. The number of hydrogen-bond donors (Lipinski definition) is 3. The topological polar surface area (TPSA) is 95.9 Å². The Morgan fingerprint density at radius 2 is 0.735 bits per heavy atom. The molecule has 0 spiro atoms. The van der Waals surface area contributed by atoms with Crippen molar-refractivity contribution in [1.82, 2.24) is 5.32 Å². The molecule has 6 nitrogen and oxygen atoms in total. The number of allylic oxidation sites excluding steroid dienone is 5. The normalized spacial score (nSPS) is 12.8. The van der Waals surface area contributed by atoms with Gasteiger partial charge in [-0.1, -0.05) is 281 Å². The van der Waals surface area contributed by atoms with Crippen LogP contribution in [0.15, 0.2) is 36.5 Å². The lowest BCUT2D eigenvalue weighted by Crippen LogP contribution is -2.45. The lowest BCUT2D eigenvalue weighted by Gasteiger charge is -2.20. The van der Waals surface area contributed by atoms with E-state index in [1.54, 1.807) is 6.08 Å². The number of ether oxygens (including phenoxy) is 1. The molecule has 0 aromatic heterocycles. The standard InChI is InChI=1S/C62H117NO5/c1-3-5-7-9-11-13-15-17-19-21-22-24-26-30-34-38-42-46-50-54-60(65)59(58-64)63-61(66)55-51-47-43-39-35-31-27-25-29-33-37-41-45-49-53-57-68-62(67)56-52-48-44-40-36-32-28-23-20-18-16-14-12-10-8-6-4-2/h12,14,18,20,50,54,59-60,64-65H,3-11,13,15-17,19,21-49,51-53,55-58H2,1-2H3,(H,63,66)/b14-12-,20-18-,54-50+. The van der Waals surface area contributed by atoms with Crippen molar-refractivity contribution in [3.63, 3.8) is 0 Å². The van der Waals surface area contributed by atoms with Gasteiger partial charge in [-0.05, 0) is 64.2 Å². The lowest BCUT2D eigenvalue weighted by atomic mass is 10.0. The van der Waals surface area contributed by atoms with Gasteiger partial charge in [-0.3, -0.25) is 9.59 Å². The van der Waals surface area contributed by atoms with E-state index in [4.69, 9.17) is 4.74 Å². The molecule has 0 aliphatic rings. The summed E-state index contributed by atoms with van der Waals surface area (Å²) in [6, 6.07) is -0.636. The van der Waals surface area contributed by atoms with Crippen molar-refractivity contribution in [2.75, 3.05) is 13.2 Å². The highest BCUT2D eigenvalue weighted by Gasteiger charge is 2.18. The van der Waals surface area contributed by atoms with E-state index >= 15 is 0 Å². The lowest BCUT2D eigenvalue weighted by molar-refractivity contribution is -0.143. The molecular formula is C62H117NO5. The molecule has 6 heteroatoms. The summed E-state index contributed by atoms with van der Waals surface area (Å²) in [7, 11) is 0. The second-order valence-electron chi connectivity index (χ2n) is 20.7. The second kappa shape index (κ2) is 57.7. The molecule has 0 heterocycles. The zero-order valence-corrected chi connectivity index (χ0v) is 45.6. The fraction of sp³-hybridized carbons (Fsp3) is 0.871. The molecule has 0 saturated heterocycles. The number of aliphatic hydroxyl groups is 2. The summed E-state index contributed by atoms with van der Waals surface area (Å²) in [4.78, 5) is 24.6. The molecule has 0 aliphatic heterocycles. The Hall–Kier alpha value is -1.92. The molecular weight excluding hydrogens is 839 g/mol. The third-order valence-electron chi connectivity index (χ3n) is 13.9. The molecule has 3 N–H and O–H groups in total. The van der Waals surface area contributed by atoms with Crippen molar-refractivity contribution < 1.29 is 24.5 Å². The van der Waals surface area contributed by atoms with Gasteiger partial charge in [0.25, 0.3) is 0 Å². The first-order chi connectivity index (χ1) is 33.5. The predicted octanol–water partition coefficient (Wildman–Crippen LogP) is 18.8. The minimum Gasteiger partial charge on any atom is -0.466 e. The molecule has 0 aliphatic carbocycles. The van der Waals surface area contributed by atoms with Crippen LogP contribution in [0.4, 0.5) is 0 Å². The van der Waals surface area contributed by atoms with Gasteiger partial charge in [0, 0.05) is 12.8 Å². The molecule has 68 heavy (non-hydrogen) atoms. The third kappa shape index (κ3) is 53.4. The van der Waals surface area contributed by atoms with Gasteiger partial charge in [-0.2, -0.15) is 0 Å². The van der Waals surface area contributed by atoms with Crippen LogP contribution in [0.5, 0.6) is 0 Å². The van der Waals surface area contributed by atoms with Crippen molar-refractivity contribution in [2.45, 2.75) is 334 Å². The summed E-state index contributed by atoms with van der Waals surface area (Å²) >= 11 is 0. The van der Waals surface area contributed by atoms with Crippen LogP contribution in [0, 0.1) is 0 Å². The van der Waals surface area contributed by atoms with E-state index in [1.165, 1.54) is 231 Å². The first kappa shape index (κ1) is 66.1. The van der Waals surface area contributed by atoms with Crippen molar-refractivity contribution in [2.24, 2.45) is 0 Å². The van der Waals surface area contributed by atoms with Crippen LogP contribution < -0.4 is 5.32 Å². The van der Waals surface area contributed by atoms with E-state index in [0.29, 0.717) is 19.4 Å². The smallest absolute Gasteiger partial charge is 0.305 e. The summed E-state index contributed by atoms with van der Waals surface area (Å²) in [6.45, 7) is 4.87. The molecule has 0 aromatic carbocycles. The van der Waals surface area contributed by atoms with E-state index < -0.39 is 12.1 Å². The van der Waals surface area contributed by atoms with Crippen molar-refractivity contribution in [3.8, 4) is 0 Å². The number of rotatable bonds is 56. The molecule has 0 radical (unpaired) electrons. The van der Waals surface area contributed by atoms with Gasteiger partial charge < -0.3 is 20.3 Å². The van der Waals surface area contributed by atoms with Crippen LogP contribution in [-0.2, 0) is 14.3 Å². The molecule has 2 atom stereocenters. The highest BCUT2D eigenvalue weighted by Crippen LogP contribution is 2.17. The summed E-state index contributed by atoms with van der Waals surface area (Å²) in [5.41, 5.74) is 0. The molecule has 0 bridgehead atoms. The molecule has 400 valence electrons. The van der Waals surface area contributed by atoms with E-state index in [0.717, 1.165) is 64.2 Å². The van der Waals surface area contributed by atoms with Gasteiger partial charge in [0.15, 0.2) is 0 Å². The Bertz CT molecular complexity index is 1100. The average molecular weight is 957 g/mol. The van der Waals surface area contributed by atoms with Gasteiger partial charge in [0.2, 0.25) is 5.91 Å². The molecule has 0 rings (SSSR count). The number of esters is 1. The Morgan fingerprint density at radius 3 is 1.15 bits per heavy atom. The fourth-order valence-electron chi connectivity index (χ4n) is 9.25. The molecule has 0 fully saturated rings. The van der Waals surface area contributed by atoms with Crippen LogP contribution in [0.1, 0.15) is 322 Å². The van der Waals surface area contributed by atoms with Crippen LogP contribution in [0.2, 0.25) is 0 Å². The monoisotopic (exact) mass is 956 g/mol. The number of aliphatic hydroxyl groups excluding tert-OH is 2. The average Bonchev–Trinajstić information content (AvgIpc) is 3.34. The van der Waals surface area contributed by atoms with Crippen LogP contribution >= 0.6 is 0 Å². The van der Waals surface area contributed by atoms with Gasteiger partial charge in [-0.15, -0.1) is 0 Å². The van der Waals surface area contributed by atoms with Crippen LogP contribution in [-0.4, -0.2) is 47.4 Å². The largest absolute Gasteiger partial charge is 0.466 e. The van der Waals surface area contributed by atoms with Crippen LogP contribution in [0.3, 0.4) is 0 Å². The first-order valence-corrected chi connectivity index (χ1v) is 30.3. The van der Waals surface area contributed by atoms with Crippen molar-refractivity contribution >= 4 is 11.9 Å². The molecule has 1 amide bonds. The minimum atomic E-state index is -0.851. The molecule has 0 aromatic rings. The Kier molecular flexibility index (Phi) is 56.0. The van der Waals surface area contributed by atoms with E-state index in [9.17, 15) is 19.8 Å². The summed E-state index contributed by atoms with van der Waals surface area (Å²) in [5, 5.41) is 23.2. The minimum absolute atomic E-state index is 0.00797. The summed E-state index contributed by atoms with van der Waals surface area (Å²) in [5.74, 6) is -0.0828. The van der Waals surface area contributed by atoms with Gasteiger partial charge >= 0.3 is 5.97 Å². The number of carbonyl (C=O) groups is 2. The number of amides is 1. The maximum absolute atomic E-state index is 12.5. The zero-order chi connectivity index (χ0) is 49.3. The van der Waals surface area contributed by atoms with Crippen molar-refractivity contribution in [1.29, 1.82) is 0 Å². The quantitative estimate of drug-likeness (QED) is 0.0321. The summed E-state index contributed by atoms with van der Waals surface area (Å²) < 4.78 is 5.48. The zero-order valence-electron chi connectivity index (χ0n) is 45.6. The van der Waals surface area contributed by atoms with E-state index in [1.807, 2.05) is 6.08 Å². The van der Waals surface area contributed by atoms with E-state index in [2.05, 4.69) is 43.5 Å². The number of carbonyl (C=O) groups excluding carboxylic acids is 2. The number of unbranched alkanes of at least 4 members (excludes halogenated alkanes) is 41. The number of nitrogens with one attached hydrogen (secondary N) is 1. The van der Waals surface area contributed by atoms with Crippen LogP contribution in [0.25, 0.3) is 0 Å². The van der Waals surface area contributed by atoms with Gasteiger partial charge in [-0.25, -0.2) is 0 Å². The third-order valence-corrected chi connectivity index (χ3v) is 13.9. The van der Waals surface area contributed by atoms with Gasteiger partial charge in [0.05, 0.1) is 25.4 Å². The first-order valence-electron chi connectivity index (χ1n) is 30.3. The maximum Gasteiger partial charge on any atom is 0.305 e. The highest BCUT2D eigenvalue weighted by atomic mass is 16.5. The van der Waals surface area contributed by atoms with Gasteiger partial charge in [0.1, 0.15) is 0 Å². The molecule has 0 saturated carbocycles. The predicted molar refractivity (Wildman–Crippen MR) is 296 cm³/mol. The Labute approximate surface area is 424 Å². The van der Waals surface area contributed by atoms with E-state index in [-0.39, 0.29) is 18.5 Å². The Morgan fingerprint density at radius 1 is 0.412 bits per heavy atom. The van der Waals surface area contributed by atoms with Crippen molar-refractivity contribution in [3.05, 3.63) is 36.5 Å². The highest BCUT2D eigenvalue weighted by molar-refractivity contribution is 5.76. The Balaban J connectivity index is 3.46. The second-order valence-corrected chi connectivity index (χ2v) is 20.7. The SMILES string of the molecule is CCCCC/C=C\C/C=C\CCCCCCCCCC(=O)OCCCCCCCCCCCCCCCCCC(=O)NC(CO)C(O)/C=C/CCCCCCCCCCCCCCCCCCC. The summed E-state index contributed by atoms with van der Waals surface area (Å²) in [6.07, 6.45) is 71.6. The fourth-order valence-corrected chi connectivity index (χ4v) is 9.25. The molecule has 2 unspecified atom stereocenters.